The van der Waals surface area contributed by atoms with E-state index >= 15 is 0 Å². The summed E-state index contributed by atoms with van der Waals surface area (Å²) in [5, 5.41) is 8.13. The zero-order valence-corrected chi connectivity index (χ0v) is 24.4. The molecule has 9 rings (SSSR count). The molecular formula is C42H29B. The Hall–Kier alpha value is -5.14. The molecule has 0 radical (unpaired) electrons. The molecule has 1 aliphatic heterocycles. The third-order valence-electron chi connectivity index (χ3n) is 9.79. The topological polar surface area (TPSA) is 0 Å². The quantitative estimate of drug-likeness (QED) is 0.154. The fourth-order valence-electron chi connectivity index (χ4n) is 7.96. The number of benzene rings is 8. The second kappa shape index (κ2) is 9.18. The van der Waals surface area contributed by atoms with Crippen LogP contribution in [0.4, 0.5) is 0 Å². The molecule has 8 aromatic rings. The van der Waals surface area contributed by atoms with Crippen LogP contribution >= 0.6 is 0 Å². The highest BCUT2D eigenvalue weighted by atomic mass is 14.3. The molecule has 0 N–H and O–H groups in total. The van der Waals surface area contributed by atoms with E-state index in [9.17, 15) is 0 Å². The maximum atomic E-state index is 2.55. The summed E-state index contributed by atoms with van der Waals surface area (Å²) in [6.07, 6.45) is 0. The van der Waals surface area contributed by atoms with Gasteiger partial charge in [-0.1, -0.05) is 161 Å². The van der Waals surface area contributed by atoms with E-state index < -0.39 is 0 Å². The van der Waals surface area contributed by atoms with E-state index in [0.717, 1.165) is 0 Å². The summed E-state index contributed by atoms with van der Waals surface area (Å²) in [6, 6.07) is 52.1. The standard InChI is InChI=1S/C42H29B/c1-26-12-11-13-27(2)42(26)43-37-19-10-9-18-32(37)35-24-34(29-16-7-4-8-17-29)33-23-21-30-20-22-31(28-14-5-3-6-15-28)36-25-38(43)40(35)41(33)39(30)36/h3-25H,1-2H3. The van der Waals surface area contributed by atoms with Gasteiger partial charge in [-0.2, -0.15) is 0 Å². The highest BCUT2D eigenvalue weighted by Crippen LogP contribution is 2.46. The van der Waals surface area contributed by atoms with Gasteiger partial charge in [0, 0.05) is 0 Å². The lowest BCUT2D eigenvalue weighted by atomic mass is 9.32. The highest BCUT2D eigenvalue weighted by molar-refractivity contribution is 6.99. The number of hydrogen-bond donors (Lipinski definition) is 0. The van der Waals surface area contributed by atoms with Crippen molar-refractivity contribution in [1.82, 2.24) is 0 Å². The number of aryl methyl sites for hydroxylation is 2. The fraction of sp³-hybridized carbons (Fsp3) is 0.0476. The van der Waals surface area contributed by atoms with Gasteiger partial charge in [-0.3, -0.25) is 0 Å². The van der Waals surface area contributed by atoms with Crippen molar-refractivity contribution >= 4 is 55.4 Å². The van der Waals surface area contributed by atoms with E-state index in [2.05, 4.69) is 153 Å². The Morgan fingerprint density at radius 3 is 1.79 bits per heavy atom. The molecule has 200 valence electrons. The Morgan fingerprint density at radius 1 is 0.395 bits per heavy atom. The molecule has 0 atom stereocenters. The van der Waals surface area contributed by atoms with Crippen molar-refractivity contribution in [2.75, 3.05) is 0 Å². The minimum absolute atomic E-state index is 0.155. The van der Waals surface area contributed by atoms with Crippen molar-refractivity contribution < 1.29 is 0 Å². The number of fused-ring (bicyclic) bond motifs is 2. The molecule has 8 aromatic carbocycles. The predicted octanol–water partition coefficient (Wildman–Crippen LogP) is 9.03. The smallest absolute Gasteiger partial charge is 0.0664 e. The molecule has 0 nitrogen and oxygen atoms in total. The van der Waals surface area contributed by atoms with Gasteiger partial charge in [0.2, 0.25) is 6.71 Å². The van der Waals surface area contributed by atoms with Crippen LogP contribution in [-0.4, -0.2) is 6.71 Å². The first-order chi connectivity index (χ1) is 21.2. The van der Waals surface area contributed by atoms with Crippen LogP contribution in [0.1, 0.15) is 11.1 Å². The van der Waals surface area contributed by atoms with Crippen LogP contribution in [-0.2, 0) is 0 Å². The average Bonchev–Trinajstić information content (AvgIpc) is 3.06. The van der Waals surface area contributed by atoms with Crippen LogP contribution in [0.5, 0.6) is 0 Å². The van der Waals surface area contributed by atoms with Crippen molar-refractivity contribution in [2.45, 2.75) is 13.8 Å². The molecule has 0 saturated carbocycles. The van der Waals surface area contributed by atoms with Crippen LogP contribution in [0.25, 0.3) is 65.7 Å². The number of hydrogen-bond acceptors (Lipinski definition) is 0. The summed E-state index contributed by atoms with van der Waals surface area (Å²) in [7, 11) is 0. The van der Waals surface area contributed by atoms with Gasteiger partial charge in [0.25, 0.3) is 0 Å². The summed E-state index contributed by atoms with van der Waals surface area (Å²) in [4.78, 5) is 0. The van der Waals surface area contributed by atoms with Gasteiger partial charge in [0.05, 0.1) is 0 Å². The van der Waals surface area contributed by atoms with Crippen molar-refractivity contribution in [3.63, 3.8) is 0 Å². The van der Waals surface area contributed by atoms with Gasteiger partial charge in [0.1, 0.15) is 0 Å². The molecule has 1 heteroatoms. The lowest BCUT2D eigenvalue weighted by Crippen LogP contribution is -2.56. The monoisotopic (exact) mass is 544 g/mol. The molecule has 43 heavy (non-hydrogen) atoms. The summed E-state index contributed by atoms with van der Waals surface area (Å²) in [6.45, 7) is 4.72. The first-order valence-electron chi connectivity index (χ1n) is 15.2. The SMILES string of the molecule is Cc1cccc(C)c1B1c2ccccc2-c2cc(-c3ccccc3)c3ccc4ccc(-c5ccccc5)c5cc1c2c3c45. The maximum Gasteiger partial charge on any atom is 0.243 e. The summed E-state index contributed by atoms with van der Waals surface area (Å²) >= 11 is 0. The maximum absolute atomic E-state index is 2.55. The van der Waals surface area contributed by atoms with Gasteiger partial charge in [0.15, 0.2) is 0 Å². The molecule has 0 bridgehead atoms. The Bertz CT molecular complexity index is 2330. The zero-order chi connectivity index (χ0) is 28.7. The van der Waals surface area contributed by atoms with Crippen LogP contribution < -0.4 is 16.4 Å². The highest BCUT2D eigenvalue weighted by Gasteiger charge is 2.35. The van der Waals surface area contributed by atoms with Gasteiger partial charge >= 0.3 is 0 Å². The molecule has 1 aliphatic rings. The molecule has 1 heterocycles. The van der Waals surface area contributed by atoms with Gasteiger partial charge in [-0.05, 0) is 85.6 Å². The van der Waals surface area contributed by atoms with E-state index in [1.54, 1.807) is 0 Å². The molecule has 0 unspecified atom stereocenters. The Kier molecular flexibility index (Phi) is 5.22. The minimum atomic E-state index is 0.155. The summed E-state index contributed by atoms with van der Waals surface area (Å²) < 4.78 is 0. The molecule has 0 aromatic heterocycles. The first kappa shape index (κ1) is 24.5. The van der Waals surface area contributed by atoms with E-state index in [0.29, 0.717) is 0 Å². The van der Waals surface area contributed by atoms with Crippen LogP contribution in [0.15, 0.2) is 140 Å². The second-order valence-corrected chi connectivity index (χ2v) is 12.1. The average molecular weight is 545 g/mol. The van der Waals surface area contributed by atoms with Crippen LogP contribution in [0.3, 0.4) is 0 Å². The van der Waals surface area contributed by atoms with Crippen LogP contribution in [0.2, 0.25) is 0 Å². The van der Waals surface area contributed by atoms with Gasteiger partial charge < -0.3 is 0 Å². The van der Waals surface area contributed by atoms with E-state index in [-0.39, 0.29) is 6.71 Å². The normalized spacial score (nSPS) is 12.4. The lowest BCUT2D eigenvalue weighted by Gasteiger charge is -2.31. The molecule has 0 saturated heterocycles. The summed E-state index contributed by atoms with van der Waals surface area (Å²) in [5.74, 6) is 0. The fourth-order valence-corrected chi connectivity index (χ4v) is 7.96. The van der Waals surface area contributed by atoms with Crippen molar-refractivity contribution in [2.24, 2.45) is 0 Å². The van der Waals surface area contributed by atoms with E-state index in [4.69, 9.17) is 0 Å². The Balaban J connectivity index is 1.54. The third-order valence-corrected chi connectivity index (χ3v) is 9.79. The zero-order valence-electron chi connectivity index (χ0n) is 24.4. The molecule has 0 amide bonds. The molecule has 0 aliphatic carbocycles. The Morgan fingerprint density at radius 2 is 1.05 bits per heavy atom. The third kappa shape index (κ3) is 3.46. The first-order valence-corrected chi connectivity index (χ1v) is 15.2. The largest absolute Gasteiger partial charge is 0.243 e. The van der Waals surface area contributed by atoms with Crippen molar-refractivity contribution in [3.05, 3.63) is 151 Å². The second-order valence-electron chi connectivity index (χ2n) is 12.1. The summed E-state index contributed by atoms with van der Waals surface area (Å²) in [5.41, 5.74) is 14.7. The van der Waals surface area contributed by atoms with Gasteiger partial charge in [-0.15, -0.1) is 0 Å². The Labute approximate surface area is 252 Å². The molecular weight excluding hydrogens is 515 g/mol. The van der Waals surface area contributed by atoms with E-state index in [1.807, 2.05) is 0 Å². The molecule has 0 fully saturated rings. The lowest BCUT2D eigenvalue weighted by molar-refractivity contribution is 1.43. The van der Waals surface area contributed by atoms with Gasteiger partial charge in [-0.25, -0.2) is 0 Å². The van der Waals surface area contributed by atoms with Crippen molar-refractivity contribution in [1.29, 1.82) is 0 Å². The van der Waals surface area contributed by atoms with Crippen molar-refractivity contribution in [3.8, 4) is 33.4 Å². The molecule has 0 spiro atoms. The predicted molar refractivity (Wildman–Crippen MR) is 187 cm³/mol. The van der Waals surface area contributed by atoms with E-state index in [1.165, 1.54) is 93.2 Å². The van der Waals surface area contributed by atoms with Crippen LogP contribution in [0, 0.1) is 13.8 Å². The minimum Gasteiger partial charge on any atom is -0.0664 e. The number of rotatable bonds is 3.